The van der Waals surface area contributed by atoms with Gasteiger partial charge in [-0.2, -0.15) is 0 Å². The lowest BCUT2D eigenvalue weighted by molar-refractivity contribution is 0.0249. The lowest BCUT2D eigenvalue weighted by Gasteiger charge is -2.39. The van der Waals surface area contributed by atoms with Crippen LogP contribution in [0, 0.1) is 17.3 Å². The molecule has 2 aliphatic rings. The van der Waals surface area contributed by atoms with E-state index < -0.39 is 0 Å². The zero-order valence-electron chi connectivity index (χ0n) is 13.4. The first-order valence-corrected chi connectivity index (χ1v) is 8.22. The van der Waals surface area contributed by atoms with Gasteiger partial charge in [0.2, 0.25) is 0 Å². The minimum absolute atomic E-state index is 0.235. The van der Waals surface area contributed by atoms with Crippen LogP contribution in [-0.2, 0) is 4.74 Å². The summed E-state index contributed by atoms with van der Waals surface area (Å²) in [4.78, 5) is 0. The Labute approximate surface area is 119 Å². The summed E-state index contributed by atoms with van der Waals surface area (Å²) in [6.07, 6.45) is 8.13. The van der Waals surface area contributed by atoms with Crippen molar-refractivity contribution in [2.24, 2.45) is 17.3 Å². The van der Waals surface area contributed by atoms with Gasteiger partial charge in [-0.3, -0.25) is 0 Å². The Morgan fingerprint density at radius 1 is 1.16 bits per heavy atom. The summed E-state index contributed by atoms with van der Waals surface area (Å²) in [5.41, 5.74) is 0.737. The minimum atomic E-state index is 0.235. The second kappa shape index (κ2) is 6.13. The first-order chi connectivity index (χ1) is 8.89. The molecule has 0 aromatic heterocycles. The number of hydrogen-bond donors (Lipinski definition) is 1. The fourth-order valence-corrected chi connectivity index (χ4v) is 3.70. The quantitative estimate of drug-likeness (QED) is 0.834. The molecule has 1 aliphatic heterocycles. The topological polar surface area (TPSA) is 21.3 Å². The highest BCUT2D eigenvalue weighted by molar-refractivity contribution is 4.88. The van der Waals surface area contributed by atoms with E-state index in [2.05, 4.69) is 33.0 Å². The van der Waals surface area contributed by atoms with Crippen LogP contribution in [0.2, 0.25) is 0 Å². The number of rotatable bonds is 3. The molecule has 2 fully saturated rings. The summed E-state index contributed by atoms with van der Waals surface area (Å²) in [7, 11) is 0. The Hall–Kier alpha value is -0.0800. The molecule has 1 unspecified atom stereocenters. The third-order valence-corrected chi connectivity index (χ3v) is 5.33. The van der Waals surface area contributed by atoms with Crippen LogP contribution in [0.25, 0.3) is 0 Å². The van der Waals surface area contributed by atoms with Gasteiger partial charge in [-0.15, -0.1) is 0 Å². The third kappa shape index (κ3) is 4.46. The molecule has 112 valence electrons. The summed E-state index contributed by atoms with van der Waals surface area (Å²) in [5.74, 6) is 1.81. The lowest BCUT2D eigenvalue weighted by Crippen LogP contribution is -2.50. The van der Waals surface area contributed by atoms with Crippen molar-refractivity contribution in [1.82, 2.24) is 5.32 Å². The average molecular weight is 267 g/mol. The van der Waals surface area contributed by atoms with Gasteiger partial charge in [0, 0.05) is 12.1 Å². The van der Waals surface area contributed by atoms with Gasteiger partial charge in [-0.05, 0) is 69.2 Å². The lowest BCUT2D eigenvalue weighted by atomic mass is 9.70. The van der Waals surface area contributed by atoms with Crippen molar-refractivity contribution in [2.45, 2.75) is 71.8 Å². The molecule has 1 atom stereocenters. The van der Waals surface area contributed by atoms with Gasteiger partial charge in [0.05, 0.1) is 6.61 Å². The van der Waals surface area contributed by atoms with Crippen LogP contribution >= 0.6 is 0 Å². The summed E-state index contributed by atoms with van der Waals surface area (Å²) >= 11 is 0. The van der Waals surface area contributed by atoms with Crippen molar-refractivity contribution >= 4 is 0 Å². The average Bonchev–Trinajstić information content (AvgIpc) is 2.37. The zero-order chi connectivity index (χ0) is 13.9. The van der Waals surface area contributed by atoms with E-state index in [1.165, 1.54) is 45.1 Å². The summed E-state index contributed by atoms with van der Waals surface area (Å²) in [6.45, 7) is 12.6. The first kappa shape index (κ1) is 15.3. The van der Waals surface area contributed by atoms with Crippen molar-refractivity contribution in [2.75, 3.05) is 19.8 Å². The fraction of sp³-hybridized carbons (Fsp3) is 1.00. The zero-order valence-corrected chi connectivity index (χ0v) is 13.4. The van der Waals surface area contributed by atoms with E-state index in [4.69, 9.17) is 4.74 Å². The predicted octanol–water partition coefficient (Wildman–Crippen LogP) is 4.00. The van der Waals surface area contributed by atoms with Gasteiger partial charge in [0.1, 0.15) is 0 Å². The molecule has 1 N–H and O–H groups in total. The van der Waals surface area contributed by atoms with Gasteiger partial charge in [-0.1, -0.05) is 20.8 Å². The number of hydrogen-bond acceptors (Lipinski definition) is 2. The smallest absolute Gasteiger partial charge is 0.0645 e. The van der Waals surface area contributed by atoms with Gasteiger partial charge in [0.15, 0.2) is 0 Å². The molecule has 0 bridgehead atoms. The Bertz CT molecular complexity index is 267. The fourth-order valence-electron chi connectivity index (χ4n) is 3.70. The van der Waals surface area contributed by atoms with Crippen LogP contribution in [-0.4, -0.2) is 25.3 Å². The molecule has 19 heavy (non-hydrogen) atoms. The summed E-state index contributed by atoms with van der Waals surface area (Å²) < 4.78 is 5.62. The van der Waals surface area contributed by atoms with E-state index in [0.29, 0.717) is 5.41 Å². The molecular weight excluding hydrogens is 234 g/mol. The maximum absolute atomic E-state index is 5.62. The van der Waals surface area contributed by atoms with E-state index in [1.54, 1.807) is 0 Å². The Morgan fingerprint density at radius 3 is 2.37 bits per heavy atom. The Balaban J connectivity index is 1.71. The van der Waals surface area contributed by atoms with E-state index in [0.717, 1.165) is 25.0 Å². The van der Waals surface area contributed by atoms with E-state index >= 15 is 0 Å². The van der Waals surface area contributed by atoms with Crippen LogP contribution in [0.3, 0.4) is 0 Å². The second-order valence-electron chi connectivity index (χ2n) is 8.18. The third-order valence-electron chi connectivity index (χ3n) is 5.33. The normalized spacial score (nSPS) is 37.3. The molecule has 2 rings (SSSR count). The van der Waals surface area contributed by atoms with Crippen LogP contribution in [0.15, 0.2) is 0 Å². The highest BCUT2D eigenvalue weighted by Gasteiger charge is 2.32. The maximum Gasteiger partial charge on any atom is 0.0645 e. The van der Waals surface area contributed by atoms with Gasteiger partial charge in [-0.25, -0.2) is 0 Å². The summed E-state index contributed by atoms with van der Waals surface area (Å²) in [6, 6.07) is 0. The molecule has 0 spiro atoms. The van der Waals surface area contributed by atoms with Gasteiger partial charge in [0.25, 0.3) is 0 Å². The molecule has 0 radical (unpaired) electrons. The Morgan fingerprint density at radius 2 is 1.84 bits per heavy atom. The molecule has 0 aromatic rings. The molecule has 0 amide bonds. The molecule has 0 aromatic carbocycles. The SMILES string of the molecule is CC1(NCC2CCC(C(C)(C)C)CC2)CCCOC1. The van der Waals surface area contributed by atoms with Crippen LogP contribution in [0.5, 0.6) is 0 Å². The molecule has 2 heteroatoms. The molecule has 1 saturated carbocycles. The van der Waals surface area contributed by atoms with E-state index in [9.17, 15) is 0 Å². The van der Waals surface area contributed by atoms with E-state index in [-0.39, 0.29) is 5.54 Å². The number of nitrogens with one attached hydrogen (secondary N) is 1. The highest BCUT2D eigenvalue weighted by Crippen LogP contribution is 2.39. The molecule has 1 aliphatic carbocycles. The minimum Gasteiger partial charge on any atom is -0.380 e. The van der Waals surface area contributed by atoms with Crippen LogP contribution < -0.4 is 5.32 Å². The van der Waals surface area contributed by atoms with Crippen molar-refractivity contribution in [3.8, 4) is 0 Å². The first-order valence-electron chi connectivity index (χ1n) is 8.22. The molecule has 1 saturated heterocycles. The van der Waals surface area contributed by atoms with Crippen molar-refractivity contribution in [3.63, 3.8) is 0 Å². The van der Waals surface area contributed by atoms with Gasteiger partial charge < -0.3 is 10.1 Å². The molecular formula is C17H33NO. The molecule has 2 nitrogen and oxygen atoms in total. The number of ether oxygens (including phenoxy) is 1. The van der Waals surface area contributed by atoms with Crippen molar-refractivity contribution in [1.29, 1.82) is 0 Å². The monoisotopic (exact) mass is 267 g/mol. The Kier molecular flexibility index (Phi) is 4.94. The van der Waals surface area contributed by atoms with Crippen LogP contribution in [0.1, 0.15) is 66.2 Å². The van der Waals surface area contributed by atoms with Crippen LogP contribution in [0.4, 0.5) is 0 Å². The van der Waals surface area contributed by atoms with Crippen molar-refractivity contribution in [3.05, 3.63) is 0 Å². The van der Waals surface area contributed by atoms with Crippen molar-refractivity contribution < 1.29 is 4.74 Å². The van der Waals surface area contributed by atoms with Gasteiger partial charge >= 0.3 is 0 Å². The standard InChI is InChI=1S/C17H33NO/c1-16(2,3)15-8-6-14(7-9-15)12-18-17(4)10-5-11-19-13-17/h14-15,18H,5-13H2,1-4H3. The predicted molar refractivity (Wildman–Crippen MR) is 81.4 cm³/mol. The summed E-state index contributed by atoms with van der Waals surface area (Å²) in [5, 5.41) is 3.80. The van der Waals surface area contributed by atoms with E-state index in [1.807, 2.05) is 0 Å². The second-order valence-corrected chi connectivity index (χ2v) is 8.18. The molecule has 1 heterocycles. The highest BCUT2D eigenvalue weighted by atomic mass is 16.5. The largest absolute Gasteiger partial charge is 0.380 e. The maximum atomic E-state index is 5.62.